The standard InChI is InChI=1S/C12H15BrFNO4S/c1-3-8(2)15(7-12(16)17)20(18,19)11-5-4-9(14)6-10(11)13/h4-6,8H,3,7H2,1-2H3,(H,16,17). The van der Waals surface area contributed by atoms with Crippen molar-refractivity contribution in [2.75, 3.05) is 6.54 Å². The molecule has 1 aromatic rings. The van der Waals surface area contributed by atoms with Gasteiger partial charge in [-0.3, -0.25) is 4.79 Å². The zero-order valence-electron chi connectivity index (χ0n) is 11.0. The number of halogens is 2. The Morgan fingerprint density at radius 1 is 1.50 bits per heavy atom. The largest absolute Gasteiger partial charge is 0.480 e. The number of carboxylic acids is 1. The van der Waals surface area contributed by atoms with Gasteiger partial charge < -0.3 is 5.11 Å². The maximum Gasteiger partial charge on any atom is 0.318 e. The summed E-state index contributed by atoms with van der Waals surface area (Å²) in [5.41, 5.74) is 0. The van der Waals surface area contributed by atoms with Crippen LogP contribution in [0.5, 0.6) is 0 Å². The van der Waals surface area contributed by atoms with Crippen molar-refractivity contribution in [3.8, 4) is 0 Å². The van der Waals surface area contributed by atoms with E-state index >= 15 is 0 Å². The summed E-state index contributed by atoms with van der Waals surface area (Å²) in [4.78, 5) is 10.7. The van der Waals surface area contributed by atoms with Gasteiger partial charge in [0.1, 0.15) is 12.4 Å². The topological polar surface area (TPSA) is 74.7 Å². The zero-order chi connectivity index (χ0) is 15.5. The predicted octanol–water partition coefficient (Wildman–Crippen LogP) is 2.46. The molecule has 1 N–H and O–H groups in total. The highest BCUT2D eigenvalue weighted by atomic mass is 79.9. The van der Waals surface area contributed by atoms with Crippen molar-refractivity contribution < 1.29 is 22.7 Å². The molecule has 0 amide bonds. The highest BCUT2D eigenvalue weighted by molar-refractivity contribution is 9.10. The average molecular weight is 368 g/mol. The van der Waals surface area contributed by atoms with Crippen molar-refractivity contribution in [1.82, 2.24) is 4.31 Å². The lowest BCUT2D eigenvalue weighted by molar-refractivity contribution is -0.137. The number of carbonyl (C=O) groups is 1. The molecule has 0 aliphatic rings. The minimum atomic E-state index is -4.02. The first-order valence-corrected chi connectivity index (χ1v) is 8.12. The van der Waals surface area contributed by atoms with Crippen molar-refractivity contribution in [2.24, 2.45) is 0 Å². The summed E-state index contributed by atoms with van der Waals surface area (Å²) >= 11 is 3.00. The van der Waals surface area contributed by atoms with Gasteiger partial charge in [0.25, 0.3) is 0 Å². The Bertz CT molecular complexity index is 605. The molecule has 1 rings (SSSR count). The van der Waals surface area contributed by atoms with Gasteiger partial charge in [-0.05, 0) is 47.5 Å². The molecule has 0 spiro atoms. The number of hydrogen-bond acceptors (Lipinski definition) is 3. The summed E-state index contributed by atoms with van der Waals surface area (Å²) in [6.45, 7) is 2.74. The molecule has 1 aromatic carbocycles. The van der Waals surface area contributed by atoms with Crippen molar-refractivity contribution in [3.05, 3.63) is 28.5 Å². The van der Waals surface area contributed by atoms with E-state index in [-0.39, 0.29) is 9.37 Å². The van der Waals surface area contributed by atoms with Gasteiger partial charge in [0.2, 0.25) is 10.0 Å². The second-order valence-electron chi connectivity index (χ2n) is 4.28. The van der Waals surface area contributed by atoms with Gasteiger partial charge in [0.05, 0.1) is 4.90 Å². The highest BCUT2D eigenvalue weighted by Crippen LogP contribution is 2.27. The molecule has 0 fully saturated rings. The molecule has 1 atom stereocenters. The van der Waals surface area contributed by atoms with Gasteiger partial charge in [0.15, 0.2) is 0 Å². The molecule has 0 saturated heterocycles. The van der Waals surface area contributed by atoms with Gasteiger partial charge in [-0.2, -0.15) is 4.31 Å². The number of carboxylic acid groups (broad SMARTS) is 1. The number of benzene rings is 1. The second-order valence-corrected chi connectivity index (χ2v) is 6.99. The predicted molar refractivity (Wildman–Crippen MR) is 75.4 cm³/mol. The summed E-state index contributed by atoms with van der Waals surface area (Å²) in [7, 11) is -4.02. The van der Waals surface area contributed by atoms with Gasteiger partial charge >= 0.3 is 5.97 Å². The summed E-state index contributed by atoms with van der Waals surface area (Å²) in [6, 6.07) is 2.69. The molecule has 112 valence electrons. The monoisotopic (exact) mass is 367 g/mol. The summed E-state index contributed by atoms with van der Waals surface area (Å²) in [5.74, 6) is -1.82. The third kappa shape index (κ3) is 3.77. The second kappa shape index (κ2) is 6.64. The van der Waals surface area contributed by atoms with Crippen LogP contribution in [0.15, 0.2) is 27.6 Å². The molecular weight excluding hydrogens is 353 g/mol. The quantitative estimate of drug-likeness (QED) is 0.837. The first kappa shape index (κ1) is 17.1. The molecule has 0 radical (unpaired) electrons. The van der Waals surface area contributed by atoms with Crippen LogP contribution in [0, 0.1) is 5.82 Å². The molecule has 5 nitrogen and oxygen atoms in total. The fraction of sp³-hybridized carbons (Fsp3) is 0.417. The number of rotatable bonds is 6. The van der Waals surface area contributed by atoms with E-state index in [4.69, 9.17) is 5.11 Å². The molecule has 0 aliphatic carbocycles. The van der Waals surface area contributed by atoms with Gasteiger partial charge in [0, 0.05) is 10.5 Å². The summed E-state index contributed by atoms with van der Waals surface area (Å²) in [5, 5.41) is 8.87. The molecule has 0 heterocycles. The summed E-state index contributed by atoms with van der Waals surface area (Å²) < 4.78 is 39.0. The van der Waals surface area contributed by atoms with E-state index in [0.29, 0.717) is 6.42 Å². The van der Waals surface area contributed by atoms with Crippen LogP contribution in [0.3, 0.4) is 0 Å². The Labute approximate surface area is 125 Å². The molecule has 0 aliphatic heterocycles. The van der Waals surface area contributed by atoms with Crippen LogP contribution < -0.4 is 0 Å². The third-order valence-electron chi connectivity index (χ3n) is 2.85. The molecule has 0 saturated carbocycles. The molecule has 20 heavy (non-hydrogen) atoms. The van der Waals surface area contributed by atoms with Crippen LogP contribution in [0.4, 0.5) is 4.39 Å². The molecule has 8 heteroatoms. The van der Waals surface area contributed by atoms with E-state index in [9.17, 15) is 17.6 Å². The van der Waals surface area contributed by atoms with Crippen molar-refractivity contribution in [2.45, 2.75) is 31.2 Å². The smallest absolute Gasteiger partial charge is 0.318 e. The third-order valence-corrected chi connectivity index (χ3v) is 5.79. The number of aliphatic carboxylic acids is 1. The lowest BCUT2D eigenvalue weighted by Crippen LogP contribution is -2.41. The Hall–Kier alpha value is -0.990. The minimum absolute atomic E-state index is 0.0659. The van der Waals surface area contributed by atoms with Gasteiger partial charge in [-0.25, -0.2) is 12.8 Å². The molecule has 0 aromatic heterocycles. The lowest BCUT2D eigenvalue weighted by Gasteiger charge is -2.26. The Balaban J connectivity index is 3.32. The average Bonchev–Trinajstić information content (AvgIpc) is 2.34. The SMILES string of the molecule is CCC(C)N(CC(=O)O)S(=O)(=O)c1ccc(F)cc1Br. The first-order valence-electron chi connectivity index (χ1n) is 5.88. The Morgan fingerprint density at radius 3 is 2.55 bits per heavy atom. The van der Waals surface area contributed by atoms with Crippen molar-refractivity contribution >= 4 is 31.9 Å². The highest BCUT2D eigenvalue weighted by Gasteiger charge is 2.31. The Morgan fingerprint density at radius 2 is 2.10 bits per heavy atom. The fourth-order valence-electron chi connectivity index (χ4n) is 1.63. The van der Waals surface area contributed by atoms with Crippen LogP contribution in [-0.2, 0) is 14.8 Å². The molecule has 1 unspecified atom stereocenters. The Kier molecular flexibility index (Phi) is 5.67. The van der Waals surface area contributed by atoms with E-state index in [0.717, 1.165) is 22.5 Å². The number of sulfonamides is 1. The van der Waals surface area contributed by atoms with Crippen LogP contribution in [0.25, 0.3) is 0 Å². The van der Waals surface area contributed by atoms with Crippen molar-refractivity contribution in [3.63, 3.8) is 0 Å². The van der Waals surface area contributed by atoms with Gasteiger partial charge in [-0.15, -0.1) is 0 Å². The maximum absolute atomic E-state index is 13.0. The number of nitrogens with zero attached hydrogens (tertiary/aromatic N) is 1. The fourth-order valence-corrected chi connectivity index (χ4v) is 4.29. The lowest BCUT2D eigenvalue weighted by atomic mass is 10.2. The van der Waals surface area contributed by atoms with Crippen LogP contribution >= 0.6 is 15.9 Å². The molecule has 0 bridgehead atoms. The first-order chi connectivity index (χ1) is 9.20. The van der Waals surface area contributed by atoms with Crippen molar-refractivity contribution in [1.29, 1.82) is 0 Å². The minimum Gasteiger partial charge on any atom is -0.480 e. The van der Waals surface area contributed by atoms with E-state index in [1.54, 1.807) is 13.8 Å². The van der Waals surface area contributed by atoms with Crippen LogP contribution in [-0.4, -0.2) is 36.4 Å². The van der Waals surface area contributed by atoms with E-state index in [1.807, 2.05) is 0 Å². The van der Waals surface area contributed by atoms with Gasteiger partial charge in [-0.1, -0.05) is 6.92 Å². The normalized spacial score (nSPS) is 13.4. The van der Waals surface area contributed by atoms with Crippen LogP contribution in [0.2, 0.25) is 0 Å². The number of hydrogen-bond donors (Lipinski definition) is 1. The van der Waals surface area contributed by atoms with Crippen LogP contribution in [0.1, 0.15) is 20.3 Å². The maximum atomic E-state index is 13.0. The zero-order valence-corrected chi connectivity index (χ0v) is 13.4. The van der Waals surface area contributed by atoms with E-state index in [2.05, 4.69) is 15.9 Å². The van der Waals surface area contributed by atoms with E-state index < -0.39 is 34.4 Å². The summed E-state index contributed by atoms with van der Waals surface area (Å²) in [6.07, 6.45) is 0.464. The van der Waals surface area contributed by atoms with E-state index in [1.165, 1.54) is 0 Å². The molecular formula is C12H15BrFNO4S.